The van der Waals surface area contributed by atoms with Crippen molar-refractivity contribution in [2.75, 3.05) is 18.5 Å². The molecule has 3 rings (SSSR count). The summed E-state index contributed by atoms with van der Waals surface area (Å²) in [4.78, 5) is 4.54. The zero-order valence-electron chi connectivity index (χ0n) is 11.3. The minimum Gasteiger partial charge on any atom is -0.396 e. The van der Waals surface area contributed by atoms with Crippen molar-refractivity contribution in [3.63, 3.8) is 0 Å². The van der Waals surface area contributed by atoms with Crippen molar-refractivity contribution in [2.45, 2.75) is 19.3 Å². The van der Waals surface area contributed by atoms with E-state index < -0.39 is 0 Å². The van der Waals surface area contributed by atoms with Crippen LogP contribution in [-0.2, 0) is 0 Å². The smallest absolute Gasteiger partial charge is 0.144 e. The van der Waals surface area contributed by atoms with Crippen LogP contribution in [0.1, 0.15) is 24.8 Å². The van der Waals surface area contributed by atoms with Crippen molar-refractivity contribution in [1.82, 2.24) is 4.98 Å². The number of rotatable bonds is 5. The molecule has 4 heteroatoms. The molecule has 0 saturated heterocycles. The molecule has 102 valence electrons. The van der Waals surface area contributed by atoms with Gasteiger partial charge in [0.2, 0.25) is 0 Å². The highest BCUT2D eigenvalue weighted by Gasteiger charge is 2.41. The Balaban J connectivity index is 1.85. The third-order valence-corrected chi connectivity index (χ3v) is 4.07. The van der Waals surface area contributed by atoms with Crippen LogP contribution in [0.2, 0.25) is 0 Å². The number of nitriles is 1. The van der Waals surface area contributed by atoms with Crippen LogP contribution in [-0.4, -0.2) is 23.2 Å². The van der Waals surface area contributed by atoms with Crippen LogP contribution in [0.25, 0.3) is 10.9 Å². The monoisotopic (exact) mass is 267 g/mol. The minimum atomic E-state index is 0.203. The zero-order chi connectivity index (χ0) is 14.0. The summed E-state index contributed by atoms with van der Waals surface area (Å²) in [5.41, 5.74) is 1.67. The lowest BCUT2D eigenvalue weighted by Crippen LogP contribution is -2.18. The van der Waals surface area contributed by atoms with Gasteiger partial charge in [0, 0.05) is 18.5 Å². The van der Waals surface area contributed by atoms with Gasteiger partial charge in [0.15, 0.2) is 0 Å². The van der Waals surface area contributed by atoms with Gasteiger partial charge in [-0.2, -0.15) is 5.26 Å². The summed E-state index contributed by atoms with van der Waals surface area (Å²) in [6.07, 6.45) is 3.08. The topological polar surface area (TPSA) is 68.9 Å². The van der Waals surface area contributed by atoms with E-state index in [1.54, 1.807) is 0 Å². The second kappa shape index (κ2) is 5.10. The minimum absolute atomic E-state index is 0.203. The summed E-state index contributed by atoms with van der Waals surface area (Å²) in [7, 11) is 0. The van der Waals surface area contributed by atoms with Crippen LogP contribution >= 0.6 is 0 Å². The highest BCUT2D eigenvalue weighted by atomic mass is 16.3. The van der Waals surface area contributed by atoms with Crippen molar-refractivity contribution in [3.8, 4) is 6.07 Å². The van der Waals surface area contributed by atoms with E-state index in [9.17, 15) is 5.26 Å². The summed E-state index contributed by atoms with van der Waals surface area (Å²) in [6.45, 7) is 0.992. The van der Waals surface area contributed by atoms with Crippen LogP contribution in [0, 0.1) is 16.7 Å². The number of fused-ring (bicyclic) bond motifs is 1. The Morgan fingerprint density at radius 1 is 1.35 bits per heavy atom. The number of aliphatic hydroxyl groups excluding tert-OH is 1. The molecule has 0 radical (unpaired) electrons. The number of benzene rings is 1. The predicted molar refractivity (Wildman–Crippen MR) is 78.3 cm³/mol. The lowest BCUT2D eigenvalue weighted by molar-refractivity contribution is 0.253. The van der Waals surface area contributed by atoms with Gasteiger partial charge in [-0.15, -0.1) is 0 Å². The molecule has 0 spiro atoms. The normalized spacial score (nSPS) is 15.8. The Morgan fingerprint density at radius 2 is 2.15 bits per heavy atom. The van der Waals surface area contributed by atoms with Gasteiger partial charge in [0.25, 0.3) is 0 Å². The first kappa shape index (κ1) is 12.9. The summed E-state index contributed by atoms with van der Waals surface area (Å²) < 4.78 is 0. The predicted octanol–water partition coefficient (Wildman–Crippen LogP) is 2.68. The molecule has 1 aliphatic rings. The maximum Gasteiger partial charge on any atom is 0.144 e. The number of nitrogens with zero attached hydrogens (tertiary/aromatic N) is 2. The maximum absolute atomic E-state index is 9.26. The Labute approximate surface area is 118 Å². The molecule has 1 saturated carbocycles. The highest BCUT2D eigenvalue weighted by molar-refractivity contribution is 5.82. The first-order valence-electron chi connectivity index (χ1n) is 6.91. The Kier molecular flexibility index (Phi) is 3.29. The van der Waals surface area contributed by atoms with Crippen molar-refractivity contribution >= 4 is 16.7 Å². The highest BCUT2D eigenvalue weighted by Crippen LogP contribution is 2.48. The molecule has 0 atom stereocenters. The first-order valence-corrected chi connectivity index (χ1v) is 6.91. The van der Waals surface area contributed by atoms with E-state index in [1.165, 1.54) is 0 Å². The number of aromatic nitrogens is 1. The molecular formula is C16H17N3O. The largest absolute Gasteiger partial charge is 0.396 e. The van der Waals surface area contributed by atoms with Crippen LogP contribution in [0.15, 0.2) is 30.3 Å². The number of nitrogens with one attached hydrogen (secondary N) is 1. The molecule has 2 aromatic rings. The first-order chi connectivity index (χ1) is 9.76. The molecule has 0 unspecified atom stereocenters. The zero-order valence-corrected chi connectivity index (χ0v) is 11.3. The van der Waals surface area contributed by atoms with E-state index in [-0.39, 0.29) is 12.0 Å². The summed E-state index contributed by atoms with van der Waals surface area (Å²) in [5, 5.41) is 22.6. The van der Waals surface area contributed by atoms with Gasteiger partial charge in [-0.3, -0.25) is 0 Å². The Morgan fingerprint density at radius 3 is 2.85 bits per heavy atom. The molecule has 2 N–H and O–H groups in total. The molecule has 1 heterocycles. The van der Waals surface area contributed by atoms with Gasteiger partial charge in [-0.05, 0) is 36.8 Å². The SMILES string of the molecule is N#Cc1cc2ccccc2nc1NCC1(CCO)CC1. The third kappa shape index (κ3) is 2.45. The standard InChI is InChI=1S/C16H17N3O/c17-10-13-9-12-3-1-2-4-14(12)19-15(13)18-11-16(5-6-16)7-8-20/h1-4,9,20H,5-8,11H2,(H,18,19). The van der Waals surface area contributed by atoms with E-state index in [0.29, 0.717) is 11.4 Å². The van der Waals surface area contributed by atoms with E-state index in [4.69, 9.17) is 5.11 Å². The molecule has 1 aromatic heterocycles. The van der Waals surface area contributed by atoms with Crippen LogP contribution in [0.3, 0.4) is 0 Å². The van der Waals surface area contributed by atoms with E-state index in [1.807, 2.05) is 30.3 Å². The molecular weight excluding hydrogens is 250 g/mol. The number of pyridine rings is 1. The van der Waals surface area contributed by atoms with Gasteiger partial charge in [-0.1, -0.05) is 18.2 Å². The lowest BCUT2D eigenvalue weighted by Gasteiger charge is -2.16. The number of aliphatic hydroxyl groups is 1. The van der Waals surface area contributed by atoms with Gasteiger partial charge >= 0.3 is 0 Å². The van der Waals surface area contributed by atoms with Gasteiger partial charge < -0.3 is 10.4 Å². The molecule has 0 aliphatic heterocycles. The molecule has 0 amide bonds. The fraction of sp³-hybridized carbons (Fsp3) is 0.375. The van der Waals surface area contributed by atoms with E-state index in [0.717, 1.165) is 36.7 Å². The molecule has 1 aromatic carbocycles. The molecule has 4 nitrogen and oxygen atoms in total. The van der Waals surface area contributed by atoms with Crippen molar-refractivity contribution in [2.24, 2.45) is 5.41 Å². The van der Waals surface area contributed by atoms with Crippen molar-refractivity contribution < 1.29 is 5.11 Å². The van der Waals surface area contributed by atoms with Gasteiger partial charge in [0.05, 0.1) is 11.1 Å². The average Bonchev–Trinajstić information content (AvgIpc) is 3.24. The Bertz CT molecular complexity index is 671. The number of anilines is 1. The molecule has 20 heavy (non-hydrogen) atoms. The summed E-state index contributed by atoms with van der Waals surface area (Å²) in [5.74, 6) is 0.649. The molecule has 1 fully saturated rings. The number of hydrogen-bond acceptors (Lipinski definition) is 4. The average molecular weight is 267 g/mol. The van der Waals surface area contributed by atoms with Crippen LogP contribution in [0.4, 0.5) is 5.82 Å². The quantitative estimate of drug-likeness (QED) is 0.874. The van der Waals surface area contributed by atoms with Crippen LogP contribution in [0.5, 0.6) is 0 Å². The fourth-order valence-corrected chi connectivity index (χ4v) is 2.54. The van der Waals surface area contributed by atoms with E-state index >= 15 is 0 Å². The van der Waals surface area contributed by atoms with E-state index in [2.05, 4.69) is 16.4 Å². The molecule has 1 aliphatic carbocycles. The van der Waals surface area contributed by atoms with Gasteiger partial charge in [0.1, 0.15) is 11.9 Å². The summed E-state index contributed by atoms with van der Waals surface area (Å²) in [6, 6.07) is 11.9. The van der Waals surface area contributed by atoms with Crippen molar-refractivity contribution in [3.05, 3.63) is 35.9 Å². The third-order valence-electron chi connectivity index (χ3n) is 4.07. The number of hydrogen-bond donors (Lipinski definition) is 2. The van der Waals surface area contributed by atoms with Gasteiger partial charge in [-0.25, -0.2) is 4.98 Å². The second-order valence-corrected chi connectivity index (χ2v) is 5.52. The van der Waals surface area contributed by atoms with Crippen LogP contribution < -0.4 is 5.32 Å². The summed E-state index contributed by atoms with van der Waals surface area (Å²) >= 11 is 0. The second-order valence-electron chi connectivity index (χ2n) is 5.52. The maximum atomic E-state index is 9.26. The lowest BCUT2D eigenvalue weighted by atomic mass is 10.0. The molecule has 0 bridgehead atoms. The fourth-order valence-electron chi connectivity index (χ4n) is 2.54. The Hall–Kier alpha value is -2.12. The van der Waals surface area contributed by atoms with Crippen molar-refractivity contribution in [1.29, 1.82) is 5.26 Å². The number of para-hydroxylation sites is 1.